The van der Waals surface area contributed by atoms with Crippen molar-refractivity contribution in [1.29, 1.82) is 0 Å². The van der Waals surface area contributed by atoms with Gasteiger partial charge in [0.15, 0.2) is 5.65 Å². The predicted octanol–water partition coefficient (Wildman–Crippen LogP) is 3.31. The molecule has 1 amide bonds. The second-order valence-corrected chi connectivity index (χ2v) is 7.40. The fourth-order valence-electron chi connectivity index (χ4n) is 2.94. The number of hydrogen-bond donors (Lipinski definition) is 2. The minimum atomic E-state index is -0.439. The van der Waals surface area contributed by atoms with Crippen LogP contribution in [0.2, 0.25) is 0 Å². The zero-order chi connectivity index (χ0) is 19.7. The van der Waals surface area contributed by atoms with E-state index in [4.69, 9.17) is 0 Å². The molecule has 0 spiro atoms. The molecule has 1 aromatic carbocycles. The molecule has 3 heterocycles. The van der Waals surface area contributed by atoms with E-state index < -0.39 is 6.04 Å². The minimum Gasteiger partial charge on any atom is -0.348 e. The molecule has 0 fully saturated rings. The smallest absolute Gasteiger partial charge is 0.272 e. The lowest BCUT2D eigenvalue weighted by Gasteiger charge is -2.13. The number of carbonyl (C=O) groups is 1. The molecule has 6 nitrogen and oxygen atoms in total. The molecule has 0 aliphatic carbocycles. The maximum atomic E-state index is 13.0. The summed E-state index contributed by atoms with van der Waals surface area (Å²) in [5.41, 5.74) is 2.24. The molecule has 0 bridgehead atoms. The molecule has 0 saturated carbocycles. The molecular formula is C20H17FN4O2S. The third kappa shape index (κ3) is 3.72. The third-order valence-corrected chi connectivity index (χ3v) is 5.26. The SMILES string of the molecule is CC(NC(=O)Cc1ccc(F)cc1)c1cc(=O)n2[nH]c(-c3cccs3)cc2n1. The van der Waals surface area contributed by atoms with E-state index in [9.17, 15) is 14.0 Å². The number of nitrogens with one attached hydrogen (secondary N) is 2. The van der Waals surface area contributed by atoms with E-state index in [1.54, 1.807) is 30.4 Å². The molecule has 0 aliphatic rings. The number of benzene rings is 1. The molecule has 8 heteroatoms. The summed E-state index contributed by atoms with van der Waals surface area (Å²) in [6.07, 6.45) is 0.124. The summed E-state index contributed by atoms with van der Waals surface area (Å²) < 4.78 is 14.4. The van der Waals surface area contributed by atoms with Gasteiger partial charge in [-0.05, 0) is 36.1 Å². The Kier molecular flexibility index (Phi) is 4.79. The van der Waals surface area contributed by atoms with Crippen molar-refractivity contribution in [3.63, 3.8) is 0 Å². The largest absolute Gasteiger partial charge is 0.348 e. The van der Waals surface area contributed by atoms with Gasteiger partial charge in [-0.25, -0.2) is 13.9 Å². The number of aromatic amines is 1. The Morgan fingerprint density at radius 2 is 2.07 bits per heavy atom. The van der Waals surface area contributed by atoms with Crippen molar-refractivity contribution in [2.45, 2.75) is 19.4 Å². The molecule has 4 rings (SSSR count). The van der Waals surface area contributed by atoms with Crippen LogP contribution in [0.5, 0.6) is 0 Å². The van der Waals surface area contributed by atoms with Crippen molar-refractivity contribution in [1.82, 2.24) is 19.9 Å². The fraction of sp³-hybridized carbons (Fsp3) is 0.150. The van der Waals surface area contributed by atoms with E-state index >= 15 is 0 Å². The second-order valence-electron chi connectivity index (χ2n) is 6.45. The van der Waals surface area contributed by atoms with Crippen LogP contribution in [-0.4, -0.2) is 20.5 Å². The number of nitrogens with zero attached hydrogens (tertiary/aromatic N) is 2. The van der Waals surface area contributed by atoms with Crippen molar-refractivity contribution in [3.05, 3.63) is 81.3 Å². The number of aromatic nitrogens is 3. The van der Waals surface area contributed by atoms with Gasteiger partial charge in [-0.1, -0.05) is 18.2 Å². The Morgan fingerprint density at radius 3 is 2.79 bits per heavy atom. The van der Waals surface area contributed by atoms with Gasteiger partial charge in [0.1, 0.15) is 5.82 Å². The molecule has 0 aliphatic heterocycles. The van der Waals surface area contributed by atoms with Gasteiger partial charge in [-0.3, -0.25) is 14.7 Å². The highest BCUT2D eigenvalue weighted by atomic mass is 32.1. The van der Waals surface area contributed by atoms with E-state index in [1.807, 2.05) is 23.6 Å². The maximum Gasteiger partial charge on any atom is 0.272 e. The number of amides is 1. The van der Waals surface area contributed by atoms with Crippen LogP contribution in [-0.2, 0) is 11.2 Å². The van der Waals surface area contributed by atoms with Gasteiger partial charge in [-0.15, -0.1) is 11.3 Å². The van der Waals surface area contributed by atoms with Crippen LogP contribution < -0.4 is 10.9 Å². The Labute approximate surface area is 163 Å². The summed E-state index contributed by atoms with van der Waals surface area (Å²) in [4.78, 5) is 30.2. The number of thiophene rings is 1. The van der Waals surface area contributed by atoms with Crippen molar-refractivity contribution >= 4 is 22.9 Å². The van der Waals surface area contributed by atoms with E-state index in [0.717, 1.165) is 10.6 Å². The van der Waals surface area contributed by atoms with Gasteiger partial charge in [0.2, 0.25) is 5.91 Å². The van der Waals surface area contributed by atoms with E-state index in [0.29, 0.717) is 16.9 Å². The molecule has 0 radical (unpaired) electrons. The molecular weight excluding hydrogens is 379 g/mol. The van der Waals surface area contributed by atoms with Crippen LogP contribution in [0.1, 0.15) is 24.2 Å². The summed E-state index contributed by atoms with van der Waals surface area (Å²) in [5.74, 6) is -0.571. The Bertz CT molecular complexity index is 1180. The molecule has 3 aromatic heterocycles. The van der Waals surface area contributed by atoms with Gasteiger partial charge in [0, 0.05) is 12.1 Å². The van der Waals surface area contributed by atoms with Crippen molar-refractivity contribution in [2.75, 3.05) is 0 Å². The molecule has 4 aromatic rings. The van der Waals surface area contributed by atoms with Crippen molar-refractivity contribution in [3.8, 4) is 10.6 Å². The van der Waals surface area contributed by atoms with Gasteiger partial charge in [-0.2, -0.15) is 0 Å². The van der Waals surface area contributed by atoms with E-state index in [1.165, 1.54) is 22.7 Å². The van der Waals surface area contributed by atoms with Crippen molar-refractivity contribution < 1.29 is 9.18 Å². The zero-order valence-corrected chi connectivity index (χ0v) is 15.8. The zero-order valence-electron chi connectivity index (χ0n) is 15.0. The molecule has 2 N–H and O–H groups in total. The number of fused-ring (bicyclic) bond motifs is 1. The highest BCUT2D eigenvalue weighted by molar-refractivity contribution is 7.13. The summed E-state index contributed by atoms with van der Waals surface area (Å²) in [6, 6.07) is 12.5. The van der Waals surface area contributed by atoms with E-state index in [-0.39, 0.29) is 23.7 Å². The first-order chi connectivity index (χ1) is 13.5. The first-order valence-corrected chi connectivity index (χ1v) is 9.58. The second kappa shape index (κ2) is 7.40. The number of H-pyrrole nitrogens is 1. The monoisotopic (exact) mass is 396 g/mol. The van der Waals surface area contributed by atoms with Crippen LogP contribution >= 0.6 is 11.3 Å². The maximum absolute atomic E-state index is 13.0. The topological polar surface area (TPSA) is 79.3 Å². The summed E-state index contributed by atoms with van der Waals surface area (Å²) in [7, 11) is 0. The Morgan fingerprint density at radius 1 is 1.29 bits per heavy atom. The highest BCUT2D eigenvalue weighted by Gasteiger charge is 2.15. The van der Waals surface area contributed by atoms with Crippen LogP contribution in [0.15, 0.2) is 58.7 Å². The highest BCUT2D eigenvalue weighted by Crippen LogP contribution is 2.23. The standard InChI is InChI=1S/C20H17FN4O2S/c1-12(22-19(26)9-13-4-6-14(21)7-5-13)15-11-20(27)25-18(23-15)10-16(24-25)17-3-2-8-28-17/h2-8,10-12,24H,9H2,1H3,(H,22,26). The lowest BCUT2D eigenvalue weighted by atomic mass is 10.1. The summed E-state index contributed by atoms with van der Waals surface area (Å²) in [6.45, 7) is 1.77. The molecule has 142 valence electrons. The van der Waals surface area contributed by atoms with Crippen LogP contribution in [0.3, 0.4) is 0 Å². The summed E-state index contributed by atoms with van der Waals surface area (Å²) in [5, 5.41) is 7.84. The van der Waals surface area contributed by atoms with E-state index in [2.05, 4.69) is 15.4 Å². The lowest BCUT2D eigenvalue weighted by Crippen LogP contribution is -2.30. The van der Waals surface area contributed by atoms with Gasteiger partial charge < -0.3 is 5.32 Å². The first kappa shape index (κ1) is 18.1. The predicted molar refractivity (Wildman–Crippen MR) is 106 cm³/mol. The minimum absolute atomic E-state index is 0.124. The quantitative estimate of drug-likeness (QED) is 0.543. The molecule has 0 saturated heterocycles. The third-order valence-electron chi connectivity index (χ3n) is 4.36. The Hall–Kier alpha value is -3.26. The average molecular weight is 396 g/mol. The average Bonchev–Trinajstić information content (AvgIpc) is 3.32. The number of halogens is 1. The summed E-state index contributed by atoms with van der Waals surface area (Å²) >= 11 is 1.56. The van der Waals surface area contributed by atoms with Gasteiger partial charge >= 0.3 is 0 Å². The first-order valence-electron chi connectivity index (χ1n) is 8.70. The number of carbonyl (C=O) groups excluding carboxylic acids is 1. The number of rotatable bonds is 5. The van der Waals surface area contributed by atoms with Crippen LogP contribution in [0.4, 0.5) is 4.39 Å². The van der Waals surface area contributed by atoms with Crippen molar-refractivity contribution in [2.24, 2.45) is 0 Å². The molecule has 1 unspecified atom stereocenters. The van der Waals surface area contributed by atoms with Gasteiger partial charge in [0.05, 0.1) is 28.7 Å². The lowest BCUT2D eigenvalue weighted by molar-refractivity contribution is -0.121. The fourth-order valence-corrected chi connectivity index (χ4v) is 3.64. The van der Waals surface area contributed by atoms with Gasteiger partial charge in [0.25, 0.3) is 5.56 Å². The molecule has 1 atom stereocenters. The Balaban J connectivity index is 1.53. The van der Waals surface area contributed by atoms with Crippen LogP contribution in [0.25, 0.3) is 16.2 Å². The normalized spacial score (nSPS) is 12.2. The molecule has 28 heavy (non-hydrogen) atoms. The number of hydrogen-bond acceptors (Lipinski definition) is 4. The van der Waals surface area contributed by atoms with Crippen LogP contribution in [0, 0.1) is 5.82 Å².